The second-order valence-electron chi connectivity index (χ2n) is 2.74. The van der Waals surface area contributed by atoms with E-state index in [1.54, 1.807) is 0 Å². The monoisotopic (exact) mass is 553 g/mol. The van der Waals surface area contributed by atoms with E-state index in [0.717, 1.165) is 0 Å². The fourth-order valence-electron chi connectivity index (χ4n) is 0.714. The number of aliphatic carboxylic acids is 3. The van der Waals surface area contributed by atoms with E-state index < -0.39 is 49.2 Å². The Labute approximate surface area is 148 Å². The molecule has 0 saturated heterocycles. The van der Waals surface area contributed by atoms with Gasteiger partial charge in [0.2, 0.25) is 0 Å². The fourth-order valence-corrected chi connectivity index (χ4v) is 0.714. The first-order valence-electron chi connectivity index (χ1n) is 3.63. The Morgan fingerprint density at radius 1 is 0.895 bits per heavy atom. The molecule has 0 atom stereocenters. The summed E-state index contributed by atoms with van der Waals surface area (Å²) in [6.45, 7) is 0. The van der Waals surface area contributed by atoms with Gasteiger partial charge < -0.3 is 20.4 Å². The maximum absolute atomic E-state index is 10.3. The molecule has 0 heterocycles. The summed E-state index contributed by atoms with van der Waals surface area (Å²) >= 11 is -3.00. The summed E-state index contributed by atoms with van der Waals surface area (Å²) in [7, 11) is 20.0. The first-order chi connectivity index (χ1) is 7.78. The topological polar surface area (TPSA) is 132 Å². The Hall–Kier alpha value is 1.27. The second kappa shape index (κ2) is 10.9. The van der Waals surface area contributed by atoms with Crippen molar-refractivity contribution in [2.24, 2.45) is 0 Å². The number of aliphatic hydroxyl groups is 1. The predicted molar refractivity (Wildman–Crippen MR) is 67.7 cm³/mol. The Bertz CT molecular complexity index is 312. The van der Waals surface area contributed by atoms with E-state index in [0.29, 0.717) is 0 Å². The van der Waals surface area contributed by atoms with E-state index in [1.165, 1.54) is 0 Å². The maximum atomic E-state index is 10.3. The van der Waals surface area contributed by atoms with Crippen molar-refractivity contribution in [2.45, 2.75) is 18.4 Å². The van der Waals surface area contributed by atoms with E-state index in [1.807, 2.05) is 0 Å². The molecular formula is C6H9AuCl4NaO7. The second-order valence-corrected chi connectivity index (χ2v) is 21.5. The first kappa shape index (κ1) is 25.2. The van der Waals surface area contributed by atoms with Crippen LogP contribution in [0.2, 0.25) is 0 Å². The first-order valence-corrected chi connectivity index (χ1v) is 14.4. The Morgan fingerprint density at radius 2 is 1.11 bits per heavy atom. The van der Waals surface area contributed by atoms with Crippen molar-refractivity contribution in [3.8, 4) is 0 Å². The van der Waals surface area contributed by atoms with Gasteiger partial charge in [0.05, 0.1) is 12.8 Å². The summed E-state index contributed by atoms with van der Waals surface area (Å²) in [5.41, 5.74) is -2.74. The van der Waals surface area contributed by atoms with Crippen LogP contribution in [0.4, 0.5) is 0 Å². The number of halogens is 4. The molecule has 0 aliphatic rings. The van der Waals surface area contributed by atoms with Crippen LogP contribution in [0.25, 0.3) is 0 Å². The molecule has 0 aliphatic heterocycles. The standard InChI is InChI=1S/C6H8O7.Au.4ClH.Na.H/c7-3(8)1-6(13,5(11)12)2-4(9)10;;;;;;;/h13H,1-2H2,(H,7,8)(H,9,10)(H,11,12);;4*1H;;/q;+4;;;;;;/p-4. The van der Waals surface area contributed by atoms with Crippen molar-refractivity contribution in [2.75, 3.05) is 0 Å². The SMILES string of the molecule is O=C(O)CC(O)(CC(=O)O)C(=O)O.[Cl][Au]([Cl])([Cl])[Cl].[NaH]. The van der Waals surface area contributed by atoms with Crippen molar-refractivity contribution in [1.29, 1.82) is 0 Å². The molecule has 0 radical (unpaired) electrons. The van der Waals surface area contributed by atoms with Gasteiger partial charge in [-0.15, -0.1) is 0 Å². The van der Waals surface area contributed by atoms with Crippen molar-refractivity contribution >= 4 is 84.2 Å². The molecule has 0 rings (SSSR count). The number of carbonyl (C=O) groups is 3. The van der Waals surface area contributed by atoms with Crippen LogP contribution < -0.4 is 0 Å². The molecule has 0 saturated carbocycles. The van der Waals surface area contributed by atoms with Crippen LogP contribution in [-0.4, -0.2) is 73.5 Å². The zero-order valence-corrected chi connectivity index (χ0v) is 13.4. The molecule has 0 amide bonds. The van der Waals surface area contributed by atoms with Gasteiger partial charge in [0.1, 0.15) is 0 Å². The third-order valence-corrected chi connectivity index (χ3v) is 1.29. The number of carboxylic acid groups (broad SMARTS) is 3. The molecule has 7 nitrogen and oxygen atoms in total. The number of carboxylic acids is 3. The normalized spacial score (nSPS) is 11.4. The van der Waals surface area contributed by atoms with Crippen LogP contribution in [0.15, 0.2) is 0 Å². The summed E-state index contributed by atoms with van der Waals surface area (Å²) in [4.78, 5) is 30.5. The molecule has 0 spiro atoms. The summed E-state index contributed by atoms with van der Waals surface area (Å²) in [6.07, 6.45) is -2.29. The minimum absolute atomic E-state index is 0. The quantitative estimate of drug-likeness (QED) is 0.371. The molecule has 0 unspecified atom stereocenters. The van der Waals surface area contributed by atoms with Crippen LogP contribution in [0.3, 0.4) is 0 Å². The van der Waals surface area contributed by atoms with Crippen LogP contribution >= 0.6 is 36.8 Å². The molecule has 13 heteroatoms. The van der Waals surface area contributed by atoms with Gasteiger partial charge >= 0.3 is 97.0 Å². The van der Waals surface area contributed by atoms with Gasteiger partial charge in [-0.3, -0.25) is 9.59 Å². The molecule has 0 aliphatic carbocycles. The summed E-state index contributed by atoms with van der Waals surface area (Å²) in [6, 6.07) is 0. The molecule has 0 aromatic carbocycles. The third-order valence-electron chi connectivity index (χ3n) is 1.29. The molecule has 0 bridgehead atoms. The average Bonchev–Trinajstić information content (AvgIpc) is 1.95. The molecule has 4 N–H and O–H groups in total. The number of rotatable bonds is 5. The predicted octanol–water partition coefficient (Wildman–Crippen LogP) is 0.859. The van der Waals surface area contributed by atoms with Crippen LogP contribution in [0, 0.1) is 0 Å². The van der Waals surface area contributed by atoms with Crippen molar-refractivity contribution < 1.29 is 47.6 Å². The van der Waals surface area contributed by atoms with Crippen molar-refractivity contribution in [1.82, 2.24) is 0 Å². The molecule has 0 fully saturated rings. The van der Waals surface area contributed by atoms with Crippen molar-refractivity contribution in [3.05, 3.63) is 0 Å². The summed E-state index contributed by atoms with van der Waals surface area (Å²) in [5.74, 6) is -5.02. The molecular weight excluding hydrogens is 546 g/mol. The molecule has 0 aromatic heterocycles. The van der Waals surface area contributed by atoms with E-state index in [4.69, 9.17) is 57.2 Å². The van der Waals surface area contributed by atoms with E-state index in [2.05, 4.69) is 0 Å². The van der Waals surface area contributed by atoms with E-state index >= 15 is 0 Å². The summed E-state index contributed by atoms with van der Waals surface area (Å²) < 4.78 is 0. The average molecular weight is 555 g/mol. The van der Waals surface area contributed by atoms with Crippen LogP contribution in [-0.2, 0) is 27.2 Å². The zero-order valence-electron chi connectivity index (χ0n) is 8.24. The van der Waals surface area contributed by atoms with E-state index in [9.17, 15) is 14.4 Å². The van der Waals surface area contributed by atoms with Crippen LogP contribution in [0.5, 0.6) is 0 Å². The van der Waals surface area contributed by atoms with Gasteiger partial charge in [-0.25, -0.2) is 4.79 Å². The number of hydrogen-bond acceptors (Lipinski definition) is 4. The molecule has 0 aromatic rings. The number of hydrogen-bond donors (Lipinski definition) is 4. The van der Waals surface area contributed by atoms with Crippen LogP contribution in [0.1, 0.15) is 12.8 Å². The van der Waals surface area contributed by atoms with E-state index in [-0.39, 0.29) is 29.6 Å². The van der Waals surface area contributed by atoms with Crippen molar-refractivity contribution in [3.63, 3.8) is 0 Å². The Kier molecular flexibility index (Phi) is 14.5. The Morgan fingerprint density at radius 3 is 1.21 bits per heavy atom. The zero-order chi connectivity index (χ0) is 15.1. The van der Waals surface area contributed by atoms with Gasteiger partial charge in [0, 0.05) is 0 Å². The fraction of sp³-hybridized carbons (Fsp3) is 0.500. The summed E-state index contributed by atoms with van der Waals surface area (Å²) in [5, 5.41) is 33.8. The molecule has 115 valence electrons. The third kappa shape index (κ3) is 19.3. The van der Waals surface area contributed by atoms with Gasteiger partial charge in [-0.1, -0.05) is 0 Å². The Balaban J connectivity index is -0.000000366. The van der Waals surface area contributed by atoms with Gasteiger partial charge in [-0.2, -0.15) is 0 Å². The van der Waals surface area contributed by atoms with Gasteiger partial charge in [-0.05, 0) is 0 Å². The van der Waals surface area contributed by atoms with Gasteiger partial charge in [0.25, 0.3) is 0 Å². The minimum atomic E-state index is -3.00. The molecule has 19 heavy (non-hydrogen) atoms. The van der Waals surface area contributed by atoms with Gasteiger partial charge in [0.15, 0.2) is 5.60 Å².